The minimum Gasteiger partial charge on any atom is -0.507 e. The van der Waals surface area contributed by atoms with E-state index in [4.69, 9.17) is 4.74 Å². The molecular formula is C25H25N5O2. The van der Waals surface area contributed by atoms with Crippen LogP contribution in [0.5, 0.6) is 5.75 Å². The molecule has 6 rings (SSSR count). The highest BCUT2D eigenvalue weighted by molar-refractivity contribution is 5.90. The molecule has 0 saturated carbocycles. The van der Waals surface area contributed by atoms with Gasteiger partial charge in [-0.1, -0.05) is 18.2 Å². The Kier molecular flexibility index (Phi) is 4.66. The average Bonchev–Trinajstić information content (AvgIpc) is 3.41. The van der Waals surface area contributed by atoms with E-state index in [1.807, 2.05) is 48.3 Å². The number of hydrogen-bond donors (Lipinski definition) is 1. The van der Waals surface area contributed by atoms with Crippen LogP contribution in [0.25, 0.3) is 33.3 Å². The molecule has 162 valence electrons. The van der Waals surface area contributed by atoms with Crippen molar-refractivity contribution in [2.24, 2.45) is 7.05 Å². The molecule has 1 atom stereocenters. The van der Waals surface area contributed by atoms with Gasteiger partial charge in [-0.3, -0.25) is 9.58 Å². The van der Waals surface area contributed by atoms with Crippen molar-refractivity contribution in [3.8, 4) is 28.1 Å². The van der Waals surface area contributed by atoms with Crippen LogP contribution >= 0.6 is 0 Å². The number of phenolic OH excluding ortho intramolecular Hbond substituents is 1. The highest BCUT2D eigenvalue weighted by Gasteiger charge is 2.35. The molecule has 7 nitrogen and oxygen atoms in total. The van der Waals surface area contributed by atoms with E-state index in [0.717, 1.165) is 60.4 Å². The van der Waals surface area contributed by atoms with Crippen molar-refractivity contribution in [3.05, 3.63) is 60.4 Å². The van der Waals surface area contributed by atoms with Crippen molar-refractivity contribution >= 4 is 10.9 Å². The fourth-order valence-electron chi connectivity index (χ4n) is 4.87. The molecule has 0 bridgehead atoms. The molecule has 1 N–H and O–H groups in total. The molecule has 7 heteroatoms. The van der Waals surface area contributed by atoms with Gasteiger partial charge in [-0.15, -0.1) is 0 Å². The predicted octanol–water partition coefficient (Wildman–Crippen LogP) is 3.59. The van der Waals surface area contributed by atoms with Crippen molar-refractivity contribution in [2.45, 2.75) is 18.4 Å². The molecule has 4 heterocycles. The first-order valence-electron chi connectivity index (χ1n) is 11.1. The van der Waals surface area contributed by atoms with Crippen LogP contribution in [0.15, 0.2) is 54.7 Å². The minimum atomic E-state index is 0.201. The van der Waals surface area contributed by atoms with Gasteiger partial charge >= 0.3 is 0 Å². The zero-order valence-corrected chi connectivity index (χ0v) is 18.0. The standard InChI is InChI=1S/C25H25N5O2/c1-29-12-17-11-16(5-6-22(17)28-29)20-3-2-4-24(31)25(20)23-8-7-21(26-27-23)18-13-30(14-18)19-9-10-32-15-19/h2-8,11-12,18-19,31H,9-10,13-15H2,1H3. The van der Waals surface area contributed by atoms with Gasteiger partial charge in [-0.25, -0.2) is 0 Å². The molecular weight excluding hydrogens is 402 g/mol. The van der Waals surface area contributed by atoms with Crippen LogP contribution in [0, 0.1) is 0 Å². The third-order valence-electron chi connectivity index (χ3n) is 6.66. The molecule has 2 fully saturated rings. The summed E-state index contributed by atoms with van der Waals surface area (Å²) in [5, 5.41) is 25.3. The van der Waals surface area contributed by atoms with Crippen molar-refractivity contribution in [2.75, 3.05) is 26.3 Å². The normalized spacial score (nSPS) is 19.5. The predicted molar refractivity (Wildman–Crippen MR) is 122 cm³/mol. The lowest BCUT2D eigenvalue weighted by molar-refractivity contribution is 0.0758. The number of hydrogen-bond acceptors (Lipinski definition) is 6. The molecule has 2 aliphatic rings. The summed E-state index contributed by atoms with van der Waals surface area (Å²) >= 11 is 0. The number of aromatic hydroxyl groups is 1. The Labute approximate surface area is 186 Å². The number of nitrogens with zero attached hydrogens (tertiary/aromatic N) is 5. The zero-order valence-electron chi connectivity index (χ0n) is 18.0. The number of fused-ring (bicyclic) bond motifs is 1. The summed E-state index contributed by atoms with van der Waals surface area (Å²) in [6.45, 7) is 3.74. The maximum Gasteiger partial charge on any atom is 0.125 e. The van der Waals surface area contributed by atoms with Crippen molar-refractivity contribution in [1.82, 2.24) is 24.9 Å². The van der Waals surface area contributed by atoms with E-state index in [-0.39, 0.29) is 5.75 Å². The van der Waals surface area contributed by atoms with Gasteiger partial charge in [0.25, 0.3) is 0 Å². The van der Waals surface area contributed by atoms with Crippen LogP contribution < -0.4 is 0 Å². The summed E-state index contributed by atoms with van der Waals surface area (Å²) in [5.74, 6) is 0.612. The molecule has 2 aliphatic heterocycles. The van der Waals surface area contributed by atoms with Crippen molar-refractivity contribution in [3.63, 3.8) is 0 Å². The Balaban J connectivity index is 1.29. The molecule has 32 heavy (non-hydrogen) atoms. The number of aryl methyl sites for hydroxylation is 1. The van der Waals surface area contributed by atoms with Crippen LogP contribution in [0.1, 0.15) is 18.0 Å². The quantitative estimate of drug-likeness (QED) is 0.536. The smallest absolute Gasteiger partial charge is 0.125 e. The lowest BCUT2D eigenvalue weighted by Gasteiger charge is -2.42. The highest BCUT2D eigenvalue weighted by atomic mass is 16.5. The Hall–Kier alpha value is -3.29. The summed E-state index contributed by atoms with van der Waals surface area (Å²) in [5.41, 5.74) is 5.27. The highest BCUT2D eigenvalue weighted by Crippen LogP contribution is 2.39. The number of ether oxygens (including phenoxy) is 1. The average molecular weight is 428 g/mol. The Morgan fingerprint density at radius 3 is 2.75 bits per heavy atom. The van der Waals surface area contributed by atoms with E-state index in [0.29, 0.717) is 23.2 Å². The first-order chi connectivity index (χ1) is 15.7. The number of aromatic nitrogens is 4. The number of rotatable bonds is 4. The van der Waals surface area contributed by atoms with Gasteiger partial charge < -0.3 is 9.84 Å². The van der Waals surface area contributed by atoms with Gasteiger partial charge in [0.05, 0.1) is 29.1 Å². The Morgan fingerprint density at radius 1 is 1.06 bits per heavy atom. The third-order valence-corrected chi connectivity index (χ3v) is 6.66. The molecule has 4 aromatic rings. The summed E-state index contributed by atoms with van der Waals surface area (Å²) in [7, 11) is 1.92. The third kappa shape index (κ3) is 3.34. The van der Waals surface area contributed by atoms with E-state index < -0.39 is 0 Å². The fourth-order valence-corrected chi connectivity index (χ4v) is 4.87. The molecule has 1 unspecified atom stereocenters. The molecule has 0 aliphatic carbocycles. The molecule has 2 aromatic heterocycles. The molecule has 0 radical (unpaired) electrons. The van der Waals surface area contributed by atoms with Crippen molar-refractivity contribution in [1.29, 1.82) is 0 Å². The van der Waals surface area contributed by atoms with Gasteiger partial charge in [0, 0.05) is 50.3 Å². The minimum absolute atomic E-state index is 0.201. The van der Waals surface area contributed by atoms with Gasteiger partial charge in [0.2, 0.25) is 0 Å². The molecule has 2 aromatic carbocycles. The van der Waals surface area contributed by atoms with Gasteiger partial charge in [-0.2, -0.15) is 15.3 Å². The van der Waals surface area contributed by atoms with Crippen LogP contribution in [-0.4, -0.2) is 62.3 Å². The second-order valence-electron chi connectivity index (χ2n) is 8.79. The van der Waals surface area contributed by atoms with E-state index >= 15 is 0 Å². The number of benzene rings is 2. The van der Waals surface area contributed by atoms with Gasteiger partial charge in [-0.05, 0) is 47.9 Å². The lowest BCUT2D eigenvalue weighted by Crippen LogP contribution is -2.51. The molecule has 0 spiro atoms. The number of likely N-dealkylation sites (tertiary alicyclic amines) is 1. The van der Waals surface area contributed by atoms with E-state index in [2.05, 4.69) is 32.3 Å². The lowest BCUT2D eigenvalue weighted by atomic mass is 9.92. The Morgan fingerprint density at radius 2 is 1.97 bits per heavy atom. The summed E-state index contributed by atoms with van der Waals surface area (Å²) < 4.78 is 7.31. The van der Waals surface area contributed by atoms with Crippen molar-refractivity contribution < 1.29 is 9.84 Å². The van der Waals surface area contributed by atoms with Crippen LogP contribution in [0.3, 0.4) is 0 Å². The second-order valence-corrected chi connectivity index (χ2v) is 8.79. The van der Waals surface area contributed by atoms with Crippen LogP contribution in [0.4, 0.5) is 0 Å². The SMILES string of the molecule is Cn1cc2cc(-c3cccc(O)c3-c3ccc(C4CN(C5CCOC5)C4)nn3)ccc2n1. The summed E-state index contributed by atoms with van der Waals surface area (Å²) in [6, 6.07) is 16.3. The second kappa shape index (κ2) is 7.69. The maximum atomic E-state index is 10.7. The molecule has 0 amide bonds. The van der Waals surface area contributed by atoms with Gasteiger partial charge in [0.15, 0.2) is 0 Å². The van der Waals surface area contributed by atoms with Gasteiger partial charge in [0.1, 0.15) is 5.75 Å². The van der Waals surface area contributed by atoms with Crippen LogP contribution in [0.2, 0.25) is 0 Å². The maximum absolute atomic E-state index is 10.7. The molecule has 2 saturated heterocycles. The first kappa shape index (κ1) is 19.4. The number of phenols is 1. The van der Waals surface area contributed by atoms with E-state index in [9.17, 15) is 5.11 Å². The zero-order chi connectivity index (χ0) is 21.7. The largest absolute Gasteiger partial charge is 0.507 e. The fraction of sp³-hybridized carbons (Fsp3) is 0.320. The van der Waals surface area contributed by atoms with E-state index in [1.54, 1.807) is 6.07 Å². The monoisotopic (exact) mass is 427 g/mol. The van der Waals surface area contributed by atoms with Crippen LogP contribution in [-0.2, 0) is 11.8 Å². The summed E-state index contributed by atoms with van der Waals surface area (Å²) in [6.07, 6.45) is 3.12. The topological polar surface area (TPSA) is 76.3 Å². The van der Waals surface area contributed by atoms with E-state index in [1.165, 1.54) is 0 Å². The first-order valence-corrected chi connectivity index (χ1v) is 11.1. The Bertz CT molecular complexity index is 1270. The summed E-state index contributed by atoms with van der Waals surface area (Å²) in [4.78, 5) is 2.48.